The molecule has 0 saturated carbocycles. The number of H-pyrrole nitrogens is 1. The molecule has 0 unspecified atom stereocenters. The quantitative estimate of drug-likeness (QED) is 0.134. The van der Waals surface area contributed by atoms with E-state index in [1.165, 1.54) is 40.0 Å². The first-order chi connectivity index (χ1) is 29.8. The Kier molecular flexibility index (Phi) is 15.2. The zero-order valence-electron chi connectivity index (χ0n) is 36.1. The molecule has 0 atom stereocenters. The van der Waals surface area contributed by atoms with Crippen molar-refractivity contribution in [2.75, 3.05) is 63.3 Å². The van der Waals surface area contributed by atoms with Crippen molar-refractivity contribution >= 4 is 56.3 Å². The Balaban J connectivity index is 0.000000170. The van der Waals surface area contributed by atoms with E-state index in [0.717, 1.165) is 74.6 Å². The molecule has 2 fully saturated rings. The molecule has 62 heavy (non-hydrogen) atoms. The number of hydrogen-bond acceptors (Lipinski definition) is 12. The molecular weight excluding hydrogens is 818 g/mol. The van der Waals surface area contributed by atoms with Crippen molar-refractivity contribution in [3.8, 4) is 17.0 Å². The van der Waals surface area contributed by atoms with Crippen LogP contribution in [-0.4, -0.2) is 129 Å². The van der Waals surface area contributed by atoms with Crippen LogP contribution in [0, 0.1) is 5.82 Å². The average molecular weight is 874 g/mol. The molecule has 2 aliphatic rings. The van der Waals surface area contributed by atoms with Crippen molar-refractivity contribution in [1.82, 2.24) is 54.1 Å². The van der Waals surface area contributed by atoms with Gasteiger partial charge in [0.2, 0.25) is 21.6 Å². The van der Waals surface area contributed by atoms with Crippen LogP contribution in [0.3, 0.4) is 0 Å². The van der Waals surface area contributed by atoms with Crippen molar-refractivity contribution in [2.45, 2.75) is 64.4 Å². The van der Waals surface area contributed by atoms with E-state index in [1.807, 2.05) is 25.6 Å². The Morgan fingerprint density at radius 2 is 1.81 bits per heavy atom. The third-order valence-corrected chi connectivity index (χ3v) is 11.9. The zero-order valence-corrected chi connectivity index (χ0v) is 36.9. The van der Waals surface area contributed by atoms with Crippen LogP contribution in [0.4, 0.5) is 26.6 Å². The molecule has 2 aliphatic heterocycles. The van der Waals surface area contributed by atoms with Crippen molar-refractivity contribution in [2.24, 2.45) is 7.05 Å². The maximum Gasteiger partial charge on any atom is 0.322 e. The molecule has 6 heterocycles. The van der Waals surface area contributed by atoms with Crippen LogP contribution in [0.5, 0.6) is 5.75 Å². The molecule has 18 nitrogen and oxygen atoms in total. The molecule has 3 N–H and O–H groups in total. The van der Waals surface area contributed by atoms with Crippen LogP contribution >= 0.6 is 0 Å². The number of carbonyl (C=O) groups is 2. The minimum absolute atomic E-state index is 0.0895. The summed E-state index contributed by atoms with van der Waals surface area (Å²) in [5.74, 6) is 1.51. The third kappa shape index (κ3) is 11.3. The summed E-state index contributed by atoms with van der Waals surface area (Å²) in [5.41, 5.74) is 4.48. The highest BCUT2D eigenvalue weighted by atomic mass is 32.2. The molecule has 2 amide bonds. The molecule has 2 saturated heterocycles. The number of para-hydroxylation sites is 1. The van der Waals surface area contributed by atoms with Gasteiger partial charge < -0.3 is 25.1 Å². The largest absolute Gasteiger partial charge is 0.485 e. The Morgan fingerprint density at radius 1 is 1.06 bits per heavy atom. The number of nitrogens with one attached hydrogen (secondary N) is 3. The van der Waals surface area contributed by atoms with E-state index in [0.29, 0.717) is 35.4 Å². The van der Waals surface area contributed by atoms with E-state index in [2.05, 4.69) is 71.1 Å². The number of aromatic nitrogens is 8. The second-order valence-corrected chi connectivity index (χ2v) is 17.6. The summed E-state index contributed by atoms with van der Waals surface area (Å²) in [6.45, 7) is 7.82. The molecule has 6 aromatic rings. The van der Waals surface area contributed by atoms with Gasteiger partial charge in [0.15, 0.2) is 11.6 Å². The monoisotopic (exact) mass is 873 g/mol. The highest BCUT2D eigenvalue weighted by Gasteiger charge is 2.24. The number of fused-ring (bicyclic) bond motifs is 2. The third-order valence-electron chi connectivity index (χ3n) is 10.6. The van der Waals surface area contributed by atoms with Crippen LogP contribution in [0.2, 0.25) is 0 Å². The lowest BCUT2D eigenvalue weighted by Gasteiger charge is -2.29. The van der Waals surface area contributed by atoms with E-state index < -0.39 is 10.0 Å². The SMILES string of the molecule is CC(C)Oc1c(-c2cn[nH]c2)ncn2nc(Nc3ccccc3F)nc12.CNC(=O)N(CCC=O)c1nn(C)c2cc(C3CCN(C)CC3)ccc12.CS(=O)(=O)N1CCCCC1. The van der Waals surface area contributed by atoms with Gasteiger partial charge in [-0.25, -0.2) is 26.9 Å². The number of aldehydes is 1. The van der Waals surface area contributed by atoms with Gasteiger partial charge in [0.05, 0.1) is 29.8 Å². The van der Waals surface area contributed by atoms with Crippen LogP contribution in [0.15, 0.2) is 61.2 Å². The molecule has 20 heteroatoms. The van der Waals surface area contributed by atoms with Gasteiger partial charge in [-0.05, 0) is 95.4 Å². The second kappa shape index (κ2) is 20.7. The number of aromatic amines is 1. The number of halogens is 1. The van der Waals surface area contributed by atoms with Gasteiger partial charge in [-0.1, -0.05) is 24.6 Å². The molecule has 0 bridgehead atoms. The number of piperidine rings is 2. The van der Waals surface area contributed by atoms with Gasteiger partial charge in [-0.15, -0.1) is 5.10 Å². The number of benzene rings is 2. The summed E-state index contributed by atoms with van der Waals surface area (Å²) in [6.07, 6.45) is 12.7. The first-order valence-electron chi connectivity index (χ1n) is 20.7. The minimum Gasteiger partial charge on any atom is -0.485 e. The summed E-state index contributed by atoms with van der Waals surface area (Å²) in [4.78, 5) is 35.8. The lowest BCUT2D eigenvalue weighted by molar-refractivity contribution is -0.107. The second-order valence-electron chi connectivity index (χ2n) is 15.6. The number of hydrogen-bond donors (Lipinski definition) is 3. The summed E-state index contributed by atoms with van der Waals surface area (Å²) >= 11 is 0. The van der Waals surface area contributed by atoms with E-state index >= 15 is 0 Å². The van der Waals surface area contributed by atoms with E-state index in [1.54, 1.807) is 41.9 Å². The Labute approximate surface area is 360 Å². The number of sulfonamides is 1. The number of likely N-dealkylation sites (tertiary alicyclic amines) is 1. The maximum atomic E-state index is 13.9. The first-order valence-corrected chi connectivity index (χ1v) is 22.6. The topological polar surface area (TPSA) is 201 Å². The van der Waals surface area contributed by atoms with Gasteiger partial charge in [0.25, 0.3) is 0 Å². The number of anilines is 3. The minimum atomic E-state index is -2.89. The number of nitrogens with zero attached hydrogens (tertiary/aromatic N) is 10. The molecule has 8 rings (SSSR count). The zero-order chi connectivity index (χ0) is 44.4. The van der Waals surface area contributed by atoms with E-state index in [4.69, 9.17) is 4.74 Å². The summed E-state index contributed by atoms with van der Waals surface area (Å²) in [6, 6.07) is 12.5. The van der Waals surface area contributed by atoms with Gasteiger partial charge in [0.1, 0.15) is 24.1 Å². The number of rotatable bonds is 11. The van der Waals surface area contributed by atoms with Gasteiger partial charge in [-0.2, -0.15) is 19.7 Å². The van der Waals surface area contributed by atoms with E-state index in [-0.39, 0.29) is 36.0 Å². The van der Waals surface area contributed by atoms with Gasteiger partial charge >= 0.3 is 6.03 Å². The van der Waals surface area contributed by atoms with Crippen LogP contribution in [0.25, 0.3) is 27.8 Å². The predicted molar refractivity (Wildman–Crippen MR) is 237 cm³/mol. The van der Waals surface area contributed by atoms with Crippen LogP contribution < -0.4 is 20.3 Å². The highest BCUT2D eigenvalue weighted by molar-refractivity contribution is 7.88. The molecule has 4 aromatic heterocycles. The van der Waals surface area contributed by atoms with E-state index in [9.17, 15) is 22.4 Å². The number of ether oxygens (including phenoxy) is 1. The lowest BCUT2D eigenvalue weighted by Crippen LogP contribution is -2.39. The molecule has 0 spiro atoms. The fraction of sp³-hybridized carbons (Fsp3) is 0.452. The lowest BCUT2D eigenvalue weighted by atomic mass is 9.89. The summed E-state index contributed by atoms with van der Waals surface area (Å²) < 4.78 is 46.5. The Morgan fingerprint density at radius 3 is 2.44 bits per heavy atom. The highest BCUT2D eigenvalue weighted by Crippen LogP contribution is 2.34. The molecular formula is C42H56FN13O5S. The van der Waals surface area contributed by atoms with Crippen molar-refractivity contribution in [3.05, 3.63) is 72.6 Å². The fourth-order valence-electron chi connectivity index (χ4n) is 7.37. The van der Waals surface area contributed by atoms with Crippen molar-refractivity contribution in [3.63, 3.8) is 0 Å². The van der Waals surface area contributed by atoms with Crippen LogP contribution in [0.1, 0.15) is 63.9 Å². The Bertz CT molecular complexity index is 2530. The molecule has 332 valence electrons. The number of carbonyl (C=O) groups excluding carboxylic acids is 2. The Hall–Kier alpha value is -5.99. The average Bonchev–Trinajstić information content (AvgIpc) is 4.02. The van der Waals surface area contributed by atoms with Crippen molar-refractivity contribution < 1.29 is 27.1 Å². The van der Waals surface area contributed by atoms with Crippen LogP contribution in [-0.2, 0) is 21.9 Å². The summed E-state index contributed by atoms with van der Waals surface area (Å²) in [5, 5.41) is 22.0. The van der Waals surface area contributed by atoms with Crippen molar-refractivity contribution in [1.29, 1.82) is 0 Å². The maximum absolute atomic E-state index is 13.9. The molecule has 0 aliphatic carbocycles. The first kappa shape index (κ1) is 45.5. The normalized spacial score (nSPS) is 15.1. The predicted octanol–water partition coefficient (Wildman–Crippen LogP) is 5.73. The fourth-order valence-corrected chi connectivity index (χ4v) is 8.29. The number of urea groups is 1. The smallest absolute Gasteiger partial charge is 0.322 e. The molecule has 0 radical (unpaired) electrons. The summed E-state index contributed by atoms with van der Waals surface area (Å²) in [7, 11) is 2.75. The van der Waals surface area contributed by atoms with Gasteiger partial charge in [-0.3, -0.25) is 14.7 Å². The van der Waals surface area contributed by atoms with Gasteiger partial charge in [0, 0.05) is 57.3 Å². The number of aryl methyl sites for hydroxylation is 1. The standard InChI is InChI=1S/C19H27N5O2.C17H16FN7O.C6H13NO2S/c1-20-19(26)24(9-4-12-25)18-16-6-5-15(13-17(16)23(3)21-18)14-7-10-22(2)11-8-14;1-10(2)26-15-14(11-7-20-21-8-11)19-9-25-16(15)23-17(24-25)22-13-6-4-3-5-12(13)18;1-10(8,9)7-5-3-2-4-6-7/h5-6,12-14H,4,7-11H2,1-3H3,(H,20,26);3-10H,1-2H3,(H,20,21)(H,22,24);2-6H2,1H3. The molecule has 2 aromatic carbocycles. The number of amides is 2.